The summed E-state index contributed by atoms with van der Waals surface area (Å²) < 4.78 is 5.32. The fourth-order valence-electron chi connectivity index (χ4n) is 2.26. The van der Waals surface area contributed by atoms with Crippen LogP contribution in [-0.4, -0.2) is 16.4 Å². The number of nitrogens with one attached hydrogen (secondary N) is 1. The summed E-state index contributed by atoms with van der Waals surface area (Å²) in [6.07, 6.45) is 5.48. The van der Waals surface area contributed by atoms with Gasteiger partial charge in [-0.1, -0.05) is 23.9 Å². The smallest absolute Gasteiger partial charge is 0.126 e. The molecule has 2 aromatic heterocycles. The summed E-state index contributed by atoms with van der Waals surface area (Å²) in [7, 11) is 0. The predicted molar refractivity (Wildman–Crippen MR) is 99.1 cm³/mol. The minimum absolute atomic E-state index is 0.825. The lowest BCUT2D eigenvalue weighted by Gasteiger charge is -2.05. The first-order valence-corrected chi connectivity index (χ1v) is 8.49. The van der Waals surface area contributed by atoms with Gasteiger partial charge in [-0.05, 0) is 56.7 Å². The molecule has 3 aromatic rings. The second-order valence-electron chi connectivity index (χ2n) is 5.49. The monoisotopic (exact) mass is 337 g/mol. The molecule has 24 heavy (non-hydrogen) atoms. The molecule has 5 heteroatoms. The van der Waals surface area contributed by atoms with Crippen molar-refractivity contribution in [3.63, 3.8) is 0 Å². The van der Waals surface area contributed by atoms with Gasteiger partial charge in [0, 0.05) is 16.8 Å². The number of para-hydroxylation sites is 1. The Hall–Kier alpha value is -2.53. The number of rotatable bonds is 5. The van der Waals surface area contributed by atoms with Crippen LogP contribution in [-0.2, 0) is 0 Å². The van der Waals surface area contributed by atoms with Gasteiger partial charge in [-0.2, -0.15) is 5.10 Å². The number of aromatic nitrogens is 2. The minimum Gasteiger partial charge on any atom is -0.465 e. The SMILES string of the molecule is C/C(C=Nc1ccccc1Sc1c(C)n[nH]c1C)=C\c1ccco1. The van der Waals surface area contributed by atoms with Gasteiger partial charge < -0.3 is 4.42 Å². The van der Waals surface area contributed by atoms with Gasteiger partial charge in [0.1, 0.15) is 5.76 Å². The molecule has 0 atom stereocenters. The van der Waals surface area contributed by atoms with Crippen LogP contribution in [0.4, 0.5) is 5.69 Å². The third-order valence-electron chi connectivity index (χ3n) is 3.46. The summed E-state index contributed by atoms with van der Waals surface area (Å²) >= 11 is 1.69. The van der Waals surface area contributed by atoms with Crippen molar-refractivity contribution in [1.82, 2.24) is 10.2 Å². The Kier molecular flexibility index (Phi) is 5.01. The zero-order valence-corrected chi connectivity index (χ0v) is 14.7. The molecule has 1 N–H and O–H groups in total. The third-order valence-corrected chi connectivity index (χ3v) is 4.83. The second-order valence-corrected chi connectivity index (χ2v) is 6.55. The molecule has 0 saturated heterocycles. The highest BCUT2D eigenvalue weighted by atomic mass is 32.2. The number of hydrogen-bond acceptors (Lipinski definition) is 4. The van der Waals surface area contributed by atoms with E-state index >= 15 is 0 Å². The van der Waals surface area contributed by atoms with E-state index in [2.05, 4.69) is 21.3 Å². The lowest BCUT2D eigenvalue weighted by molar-refractivity contribution is 0.557. The van der Waals surface area contributed by atoms with Gasteiger partial charge in [-0.25, -0.2) is 0 Å². The number of allylic oxidation sites excluding steroid dienone is 1. The van der Waals surface area contributed by atoms with Crippen molar-refractivity contribution in [2.75, 3.05) is 0 Å². The van der Waals surface area contributed by atoms with Gasteiger partial charge in [-0.15, -0.1) is 0 Å². The van der Waals surface area contributed by atoms with Crippen molar-refractivity contribution < 1.29 is 4.42 Å². The van der Waals surface area contributed by atoms with Crippen molar-refractivity contribution in [3.8, 4) is 0 Å². The summed E-state index contributed by atoms with van der Waals surface area (Å²) in [5.41, 5.74) is 4.05. The first-order valence-electron chi connectivity index (χ1n) is 7.68. The highest BCUT2D eigenvalue weighted by molar-refractivity contribution is 7.99. The molecule has 0 amide bonds. The Morgan fingerprint density at radius 3 is 2.75 bits per heavy atom. The molecule has 3 rings (SSSR count). The average Bonchev–Trinajstić information content (AvgIpc) is 3.19. The van der Waals surface area contributed by atoms with Crippen LogP contribution in [0.1, 0.15) is 24.1 Å². The Labute approximate surface area is 145 Å². The summed E-state index contributed by atoms with van der Waals surface area (Å²) in [6.45, 7) is 6.05. The quantitative estimate of drug-likeness (QED) is 0.619. The van der Waals surface area contributed by atoms with E-state index in [1.165, 1.54) is 0 Å². The molecule has 0 saturated carbocycles. The van der Waals surface area contributed by atoms with Gasteiger partial charge in [0.25, 0.3) is 0 Å². The highest BCUT2D eigenvalue weighted by Gasteiger charge is 2.10. The topological polar surface area (TPSA) is 54.2 Å². The molecule has 122 valence electrons. The Balaban J connectivity index is 1.83. The number of aryl methyl sites for hydroxylation is 2. The van der Waals surface area contributed by atoms with Crippen molar-refractivity contribution >= 4 is 29.7 Å². The van der Waals surface area contributed by atoms with E-state index in [0.717, 1.165) is 38.2 Å². The van der Waals surface area contributed by atoms with E-state index in [9.17, 15) is 0 Å². The number of furan rings is 1. The van der Waals surface area contributed by atoms with Gasteiger partial charge in [-0.3, -0.25) is 10.1 Å². The summed E-state index contributed by atoms with van der Waals surface area (Å²) in [5.74, 6) is 0.825. The molecular weight excluding hydrogens is 318 g/mol. The predicted octanol–water partition coefficient (Wildman–Crippen LogP) is 5.58. The van der Waals surface area contributed by atoms with Crippen LogP contribution in [0.25, 0.3) is 6.08 Å². The largest absolute Gasteiger partial charge is 0.465 e. The summed E-state index contributed by atoms with van der Waals surface area (Å²) in [4.78, 5) is 6.90. The third kappa shape index (κ3) is 3.86. The molecule has 0 radical (unpaired) electrons. The van der Waals surface area contributed by atoms with E-state index in [0.29, 0.717) is 0 Å². The van der Waals surface area contributed by atoms with Gasteiger partial charge >= 0.3 is 0 Å². The van der Waals surface area contributed by atoms with E-state index in [1.54, 1.807) is 18.0 Å². The van der Waals surface area contributed by atoms with Crippen LogP contribution < -0.4 is 0 Å². The Morgan fingerprint density at radius 2 is 2.04 bits per heavy atom. The standard InChI is InChI=1S/C19H19N3OS/c1-13(11-16-7-6-10-23-16)12-20-17-8-4-5-9-18(17)24-19-14(2)21-22-15(19)3/h4-12H,1-3H3,(H,21,22)/b13-11+,20-12?. The maximum absolute atomic E-state index is 5.32. The first kappa shape index (κ1) is 16.3. The zero-order valence-electron chi connectivity index (χ0n) is 13.9. The van der Waals surface area contributed by atoms with Crippen LogP contribution >= 0.6 is 11.8 Å². The van der Waals surface area contributed by atoms with Crippen LogP contribution in [0.5, 0.6) is 0 Å². The van der Waals surface area contributed by atoms with Crippen LogP contribution in [0.2, 0.25) is 0 Å². The van der Waals surface area contributed by atoms with Crippen molar-refractivity contribution in [3.05, 3.63) is 65.4 Å². The van der Waals surface area contributed by atoms with Crippen molar-refractivity contribution in [2.24, 2.45) is 4.99 Å². The maximum atomic E-state index is 5.32. The zero-order chi connectivity index (χ0) is 16.9. The fourth-order valence-corrected chi connectivity index (χ4v) is 3.24. The van der Waals surface area contributed by atoms with E-state index in [4.69, 9.17) is 4.42 Å². The van der Waals surface area contributed by atoms with Crippen LogP contribution in [0.3, 0.4) is 0 Å². The van der Waals surface area contributed by atoms with Crippen LogP contribution in [0, 0.1) is 13.8 Å². The van der Waals surface area contributed by atoms with Crippen molar-refractivity contribution in [2.45, 2.75) is 30.6 Å². The molecule has 0 aliphatic rings. The molecule has 0 aliphatic heterocycles. The lowest BCUT2D eigenvalue weighted by Crippen LogP contribution is -1.81. The second kappa shape index (κ2) is 7.36. The number of H-pyrrole nitrogens is 1. The molecule has 0 fully saturated rings. The molecule has 0 aliphatic carbocycles. The molecule has 1 aromatic carbocycles. The number of nitrogens with zero attached hydrogens (tertiary/aromatic N) is 2. The molecule has 4 nitrogen and oxygen atoms in total. The fraction of sp³-hybridized carbons (Fsp3) is 0.158. The number of aromatic amines is 1. The first-order chi connectivity index (χ1) is 11.6. The maximum Gasteiger partial charge on any atom is 0.126 e. The van der Waals surface area contributed by atoms with E-state index in [1.807, 2.05) is 63.4 Å². The number of benzene rings is 1. The normalized spacial score (nSPS) is 12.2. The van der Waals surface area contributed by atoms with Gasteiger partial charge in [0.15, 0.2) is 0 Å². The number of aliphatic imine (C=N–C) groups is 1. The van der Waals surface area contributed by atoms with E-state index < -0.39 is 0 Å². The summed E-state index contributed by atoms with van der Waals surface area (Å²) in [6, 6.07) is 11.9. The van der Waals surface area contributed by atoms with Crippen LogP contribution in [0.15, 0.2) is 67.4 Å². The molecule has 0 spiro atoms. The molecular formula is C19H19N3OS. The molecule has 0 bridgehead atoms. The van der Waals surface area contributed by atoms with Gasteiger partial charge in [0.2, 0.25) is 0 Å². The highest BCUT2D eigenvalue weighted by Crippen LogP contribution is 2.37. The summed E-state index contributed by atoms with van der Waals surface area (Å²) in [5, 5.41) is 7.28. The minimum atomic E-state index is 0.825. The molecule has 2 heterocycles. The lowest BCUT2D eigenvalue weighted by atomic mass is 10.2. The van der Waals surface area contributed by atoms with E-state index in [-0.39, 0.29) is 0 Å². The number of hydrogen-bond donors (Lipinski definition) is 1. The Morgan fingerprint density at radius 1 is 1.21 bits per heavy atom. The van der Waals surface area contributed by atoms with Crippen molar-refractivity contribution in [1.29, 1.82) is 0 Å². The van der Waals surface area contributed by atoms with Gasteiger partial charge in [0.05, 0.1) is 22.5 Å². The average molecular weight is 337 g/mol. The Bertz CT molecular complexity index is 856. The molecule has 0 unspecified atom stereocenters.